The van der Waals surface area contributed by atoms with Crippen LogP contribution in [0.3, 0.4) is 0 Å². The summed E-state index contributed by atoms with van der Waals surface area (Å²) in [6.07, 6.45) is -4.09. The molecule has 0 aromatic heterocycles. The SMILES string of the molecule is CC1(C)O[C@@H]2[C@@H](O)[C@@H]3OC(C)(C)O[C@@H]3[C@@H](O)[C@H]2O1. The van der Waals surface area contributed by atoms with Gasteiger partial charge in [-0.2, -0.15) is 0 Å². The largest absolute Gasteiger partial charge is 0.387 e. The molecule has 2 aliphatic heterocycles. The Morgan fingerprint density at radius 1 is 0.611 bits per heavy atom. The second-order valence-electron chi connectivity index (χ2n) is 6.11. The molecule has 0 unspecified atom stereocenters. The van der Waals surface area contributed by atoms with Gasteiger partial charge in [-0.15, -0.1) is 0 Å². The third-order valence-corrected chi connectivity index (χ3v) is 3.67. The predicted octanol–water partition coefficient (Wildman–Crippen LogP) is -0.238. The van der Waals surface area contributed by atoms with Crippen LogP contribution < -0.4 is 0 Å². The van der Waals surface area contributed by atoms with E-state index in [-0.39, 0.29) is 0 Å². The molecule has 0 aromatic rings. The molecule has 0 amide bonds. The zero-order chi connectivity index (χ0) is 13.3. The minimum Gasteiger partial charge on any atom is -0.387 e. The summed E-state index contributed by atoms with van der Waals surface area (Å²) in [6.45, 7) is 7.02. The molecule has 3 rings (SSSR count). The summed E-state index contributed by atoms with van der Waals surface area (Å²) >= 11 is 0. The molecule has 6 heteroatoms. The van der Waals surface area contributed by atoms with E-state index in [2.05, 4.69) is 0 Å². The van der Waals surface area contributed by atoms with Gasteiger partial charge in [-0.25, -0.2) is 0 Å². The second kappa shape index (κ2) is 3.65. The predicted molar refractivity (Wildman–Crippen MR) is 59.7 cm³/mol. The number of aliphatic hydroxyl groups excluding tert-OH is 2. The van der Waals surface area contributed by atoms with Gasteiger partial charge < -0.3 is 29.2 Å². The molecule has 0 bridgehead atoms. The maximum Gasteiger partial charge on any atom is 0.164 e. The van der Waals surface area contributed by atoms with E-state index in [1.165, 1.54) is 0 Å². The third-order valence-electron chi connectivity index (χ3n) is 3.67. The zero-order valence-corrected chi connectivity index (χ0v) is 11.0. The van der Waals surface area contributed by atoms with Gasteiger partial charge in [0.15, 0.2) is 11.6 Å². The number of aliphatic hydroxyl groups is 2. The van der Waals surface area contributed by atoms with Crippen LogP contribution in [0.5, 0.6) is 0 Å². The van der Waals surface area contributed by atoms with Crippen LogP contribution in [-0.2, 0) is 18.9 Å². The first-order valence-corrected chi connectivity index (χ1v) is 6.28. The lowest BCUT2D eigenvalue weighted by atomic mass is 9.85. The van der Waals surface area contributed by atoms with Crippen LogP contribution in [0.2, 0.25) is 0 Å². The van der Waals surface area contributed by atoms with Gasteiger partial charge in [0.1, 0.15) is 36.6 Å². The van der Waals surface area contributed by atoms with Crippen LogP contribution >= 0.6 is 0 Å². The Kier molecular flexibility index (Phi) is 2.59. The highest BCUT2D eigenvalue weighted by Crippen LogP contribution is 2.43. The summed E-state index contributed by atoms with van der Waals surface area (Å²) in [5.74, 6) is -1.63. The summed E-state index contributed by atoms with van der Waals surface area (Å²) in [6, 6.07) is 0. The highest BCUT2D eigenvalue weighted by molar-refractivity contribution is 5.07. The third kappa shape index (κ3) is 1.79. The molecule has 1 saturated carbocycles. The molecule has 6 nitrogen and oxygen atoms in total. The van der Waals surface area contributed by atoms with Crippen molar-refractivity contribution in [3.8, 4) is 0 Å². The lowest BCUT2D eigenvalue weighted by molar-refractivity contribution is -0.183. The maximum atomic E-state index is 10.3. The highest BCUT2D eigenvalue weighted by Gasteiger charge is 2.62. The molecule has 3 fully saturated rings. The minimum atomic E-state index is -0.869. The van der Waals surface area contributed by atoms with Gasteiger partial charge >= 0.3 is 0 Å². The van der Waals surface area contributed by atoms with Crippen LogP contribution in [0.15, 0.2) is 0 Å². The van der Waals surface area contributed by atoms with Crippen molar-refractivity contribution >= 4 is 0 Å². The number of fused-ring (bicyclic) bond motifs is 2. The average molecular weight is 260 g/mol. The van der Waals surface area contributed by atoms with Crippen molar-refractivity contribution in [2.45, 2.75) is 75.9 Å². The van der Waals surface area contributed by atoms with E-state index in [1.807, 2.05) is 0 Å². The monoisotopic (exact) mass is 260 g/mol. The molecule has 2 heterocycles. The fourth-order valence-corrected chi connectivity index (χ4v) is 3.06. The lowest BCUT2D eigenvalue weighted by Crippen LogP contribution is -2.61. The molecule has 104 valence electrons. The van der Waals surface area contributed by atoms with E-state index in [0.717, 1.165) is 0 Å². The summed E-state index contributed by atoms with van der Waals surface area (Å²) in [5, 5.41) is 20.6. The van der Waals surface area contributed by atoms with E-state index in [0.29, 0.717) is 0 Å². The normalized spacial score (nSPS) is 53.0. The van der Waals surface area contributed by atoms with Crippen molar-refractivity contribution < 1.29 is 29.2 Å². The molecule has 0 spiro atoms. The Hall–Kier alpha value is -0.240. The van der Waals surface area contributed by atoms with Gasteiger partial charge in [0.25, 0.3) is 0 Å². The average Bonchev–Trinajstić information content (AvgIpc) is 2.72. The van der Waals surface area contributed by atoms with E-state index in [9.17, 15) is 10.2 Å². The minimum absolute atomic E-state index is 0.589. The van der Waals surface area contributed by atoms with Crippen LogP contribution in [0.4, 0.5) is 0 Å². The van der Waals surface area contributed by atoms with Crippen LogP contribution in [0.25, 0.3) is 0 Å². The Labute approximate surface area is 106 Å². The first-order chi connectivity index (χ1) is 8.20. The van der Waals surface area contributed by atoms with Crippen molar-refractivity contribution in [3.63, 3.8) is 0 Å². The summed E-state index contributed by atoms with van der Waals surface area (Å²) in [5.41, 5.74) is 0. The molecule has 0 radical (unpaired) electrons. The summed E-state index contributed by atoms with van der Waals surface area (Å²) in [4.78, 5) is 0. The Morgan fingerprint density at radius 2 is 0.833 bits per heavy atom. The van der Waals surface area contributed by atoms with Gasteiger partial charge in [-0.1, -0.05) is 0 Å². The molecular weight excluding hydrogens is 240 g/mol. The van der Waals surface area contributed by atoms with Crippen molar-refractivity contribution in [1.82, 2.24) is 0 Å². The molecule has 18 heavy (non-hydrogen) atoms. The van der Waals surface area contributed by atoms with Gasteiger partial charge in [0.05, 0.1) is 0 Å². The maximum absolute atomic E-state index is 10.3. The number of ether oxygens (including phenoxy) is 4. The molecular formula is C12H20O6. The highest BCUT2D eigenvalue weighted by atomic mass is 16.8. The number of hydrogen-bond acceptors (Lipinski definition) is 6. The van der Waals surface area contributed by atoms with Gasteiger partial charge in [0, 0.05) is 0 Å². The molecule has 3 aliphatic rings. The van der Waals surface area contributed by atoms with Crippen LogP contribution in [0, 0.1) is 0 Å². The van der Waals surface area contributed by atoms with E-state index in [4.69, 9.17) is 18.9 Å². The summed E-state index contributed by atoms with van der Waals surface area (Å²) in [7, 11) is 0. The van der Waals surface area contributed by atoms with Crippen molar-refractivity contribution in [1.29, 1.82) is 0 Å². The van der Waals surface area contributed by atoms with E-state index in [1.54, 1.807) is 27.7 Å². The fourth-order valence-electron chi connectivity index (χ4n) is 3.06. The standard InChI is InChI=1S/C12H20O6/c1-11(2)15-7-5(13)9-10(6(14)8(7)16-11)18-12(3,4)17-9/h5-10,13-14H,1-4H3/t5-,6+,7-,8-,9+,10-/m1/s1. The fraction of sp³-hybridized carbons (Fsp3) is 1.00. The number of hydrogen-bond donors (Lipinski definition) is 2. The molecule has 6 atom stereocenters. The van der Waals surface area contributed by atoms with Crippen molar-refractivity contribution in [2.75, 3.05) is 0 Å². The van der Waals surface area contributed by atoms with Crippen molar-refractivity contribution in [3.05, 3.63) is 0 Å². The topological polar surface area (TPSA) is 77.4 Å². The van der Waals surface area contributed by atoms with E-state index < -0.39 is 48.2 Å². The second-order valence-corrected chi connectivity index (χ2v) is 6.11. The molecule has 1 aliphatic carbocycles. The van der Waals surface area contributed by atoms with E-state index >= 15 is 0 Å². The Bertz CT molecular complexity index is 292. The quantitative estimate of drug-likeness (QED) is 0.626. The Balaban J connectivity index is 1.88. The lowest BCUT2D eigenvalue weighted by Gasteiger charge is -2.38. The first kappa shape index (κ1) is 12.8. The van der Waals surface area contributed by atoms with Crippen LogP contribution in [-0.4, -0.2) is 58.4 Å². The summed E-state index contributed by atoms with van der Waals surface area (Å²) < 4.78 is 22.6. The molecule has 2 saturated heterocycles. The number of rotatable bonds is 0. The smallest absolute Gasteiger partial charge is 0.164 e. The molecule has 0 aromatic carbocycles. The molecule has 2 N–H and O–H groups in total. The van der Waals surface area contributed by atoms with Gasteiger partial charge in [-0.3, -0.25) is 0 Å². The van der Waals surface area contributed by atoms with Gasteiger partial charge in [-0.05, 0) is 27.7 Å². The van der Waals surface area contributed by atoms with Crippen LogP contribution in [0.1, 0.15) is 27.7 Å². The van der Waals surface area contributed by atoms with Gasteiger partial charge in [0.2, 0.25) is 0 Å². The van der Waals surface area contributed by atoms with Crippen molar-refractivity contribution in [2.24, 2.45) is 0 Å². The Morgan fingerprint density at radius 3 is 1.06 bits per heavy atom. The zero-order valence-electron chi connectivity index (χ0n) is 11.0. The first-order valence-electron chi connectivity index (χ1n) is 6.28.